The number of amides is 1. The Morgan fingerprint density at radius 1 is 1.41 bits per heavy atom. The number of hydrogen-bond donors (Lipinski definition) is 1. The van der Waals surface area contributed by atoms with Crippen LogP contribution in [0.3, 0.4) is 0 Å². The molecule has 1 N–H and O–H groups in total. The van der Waals surface area contributed by atoms with Gasteiger partial charge in [-0.2, -0.15) is 0 Å². The lowest BCUT2D eigenvalue weighted by Crippen LogP contribution is -2.40. The Morgan fingerprint density at radius 2 is 2.06 bits per heavy atom. The molecule has 3 unspecified atom stereocenters. The SMILES string of the molecule is CCC1NC(C(C)C)C(=O)N1CC(C)COC. The summed E-state index contributed by atoms with van der Waals surface area (Å²) in [5.41, 5.74) is 0. The smallest absolute Gasteiger partial charge is 0.241 e. The monoisotopic (exact) mass is 242 g/mol. The second-order valence-corrected chi connectivity index (χ2v) is 5.36. The van der Waals surface area contributed by atoms with E-state index in [0.29, 0.717) is 18.4 Å². The number of nitrogens with zero attached hydrogens (tertiary/aromatic N) is 1. The van der Waals surface area contributed by atoms with E-state index < -0.39 is 0 Å². The Balaban J connectivity index is 2.65. The molecule has 0 aromatic carbocycles. The summed E-state index contributed by atoms with van der Waals surface area (Å²) < 4.78 is 5.13. The van der Waals surface area contributed by atoms with E-state index in [1.165, 1.54) is 0 Å². The summed E-state index contributed by atoms with van der Waals surface area (Å²) in [5.74, 6) is 0.972. The normalized spacial score (nSPS) is 26.9. The molecule has 4 nitrogen and oxygen atoms in total. The van der Waals surface area contributed by atoms with Crippen LogP contribution in [-0.4, -0.2) is 43.3 Å². The van der Waals surface area contributed by atoms with Crippen molar-refractivity contribution in [3.05, 3.63) is 0 Å². The summed E-state index contributed by atoms with van der Waals surface area (Å²) in [5, 5.41) is 3.42. The Labute approximate surface area is 105 Å². The molecule has 0 bridgehead atoms. The van der Waals surface area contributed by atoms with Crippen molar-refractivity contribution in [2.24, 2.45) is 11.8 Å². The van der Waals surface area contributed by atoms with Crippen molar-refractivity contribution in [1.82, 2.24) is 10.2 Å². The second kappa shape index (κ2) is 6.36. The molecule has 1 saturated heterocycles. The van der Waals surface area contributed by atoms with Gasteiger partial charge in [-0.15, -0.1) is 0 Å². The molecule has 1 fully saturated rings. The summed E-state index contributed by atoms with van der Waals surface area (Å²) in [4.78, 5) is 14.3. The lowest BCUT2D eigenvalue weighted by molar-refractivity contribution is -0.131. The average Bonchev–Trinajstić information content (AvgIpc) is 2.57. The highest BCUT2D eigenvalue weighted by atomic mass is 16.5. The van der Waals surface area contributed by atoms with Crippen LogP contribution in [0.25, 0.3) is 0 Å². The summed E-state index contributed by atoms with van der Waals surface area (Å²) in [7, 11) is 1.70. The van der Waals surface area contributed by atoms with Crippen LogP contribution in [0.2, 0.25) is 0 Å². The molecule has 0 saturated carbocycles. The fourth-order valence-electron chi connectivity index (χ4n) is 2.41. The first-order chi connectivity index (χ1) is 8.01. The van der Waals surface area contributed by atoms with E-state index in [1.54, 1.807) is 7.11 Å². The highest BCUT2D eigenvalue weighted by Crippen LogP contribution is 2.20. The van der Waals surface area contributed by atoms with Crippen molar-refractivity contribution in [2.45, 2.75) is 46.3 Å². The van der Waals surface area contributed by atoms with Gasteiger partial charge in [0.25, 0.3) is 0 Å². The molecule has 4 heteroatoms. The molecule has 100 valence electrons. The zero-order valence-electron chi connectivity index (χ0n) is 11.7. The van der Waals surface area contributed by atoms with E-state index >= 15 is 0 Å². The molecule has 3 atom stereocenters. The lowest BCUT2D eigenvalue weighted by atomic mass is 10.0. The van der Waals surface area contributed by atoms with E-state index in [4.69, 9.17) is 4.74 Å². The van der Waals surface area contributed by atoms with Crippen molar-refractivity contribution in [3.63, 3.8) is 0 Å². The third kappa shape index (κ3) is 3.42. The Hall–Kier alpha value is -0.610. The number of nitrogens with one attached hydrogen (secondary N) is 1. The van der Waals surface area contributed by atoms with Gasteiger partial charge in [-0.3, -0.25) is 10.1 Å². The van der Waals surface area contributed by atoms with Gasteiger partial charge in [0, 0.05) is 13.7 Å². The van der Waals surface area contributed by atoms with Crippen molar-refractivity contribution >= 4 is 5.91 Å². The van der Waals surface area contributed by atoms with Gasteiger partial charge < -0.3 is 9.64 Å². The van der Waals surface area contributed by atoms with Gasteiger partial charge >= 0.3 is 0 Å². The van der Waals surface area contributed by atoms with Crippen LogP contribution >= 0.6 is 0 Å². The molecule has 1 heterocycles. The molecule has 1 aliphatic rings. The van der Waals surface area contributed by atoms with E-state index in [1.807, 2.05) is 4.90 Å². The molecule has 0 aliphatic carbocycles. The van der Waals surface area contributed by atoms with Crippen LogP contribution in [0.5, 0.6) is 0 Å². The quantitative estimate of drug-likeness (QED) is 0.766. The van der Waals surface area contributed by atoms with Crippen LogP contribution in [0, 0.1) is 11.8 Å². The van der Waals surface area contributed by atoms with E-state index in [-0.39, 0.29) is 18.1 Å². The van der Waals surface area contributed by atoms with Crippen molar-refractivity contribution in [3.8, 4) is 0 Å². The highest BCUT2D eigenvalue weighted by molar-refractivity contribution is 5.84. The second-order valence-electron chi connectivity index (χ2n) is 5.36. The fourth-order valence-corrected chi connectivity index (χ4v) is 2.41. The topological polar surface area (TPSA) is 41.6 Å². The molecular weight excluding hydrogens is 216 g/mol. The van der Waals surface area contributed by atoms with Gasteiger partial charge in [-0.05, 0) is 18.3 Å². The molecule has 0 spiro atoms. The van der Waals surface area contributed by atoms with Gasteiger partial charge in [-0.1, -0.05) is 27.7 Å². The standard InChI is InChI=1S/C13H26N2O2/c1-6-11-14-12(9(2)3)13(16)15(11)7-10(4)8-17-5/h9-12,14H,6-8H2,1-5H3. The average molecular weight is 242 g/mol. The number of methoxy groups -OCH3 is 1. The molecule has 0 radical (unpaired) electrons. The minimum absolute atomic E-state index is 0.0188. The van der Waals surface area contributed by atoms with Gasteiger partial charge in [0.1, 0.15) is 0 Å². The van der Waals surface area contributed by atoms with Crippen LogP contribution in [0.15, 0.2) is 0 Å². The Kier molecular flexibility index (Phi) is 5.40. The summed E-state index contributed by atoms with van der Waals surface area (Å²) in [6.45, 7) is 9.89. The maximum absolute atomic E-state index is 12.3. The predicted molar refractivity (Wildman–Crippen MR) is 68.6 cm³/mol. The maximum Gasteiger partial charge on any atom is 0.241 e. The van der Waals surface area contributed by atoms with Gasteiger partial charge in [0.05, 0.1) is 18.8 Å². The number of rotatable bonds is 6. The zero-order chi connectivity index (χ0) is 13.0. The third-order valence-corrected chi connectivity index (χ3v) is 3.31. The van der Waals surface area contributed by atoms with E-state index in [0.717, 1.165) is 13.0 Å². The lowest BCUT2D eigenvalue weighted by Gasteiger charge is -2.26. The Morgan fingerprint density at radius 3 is 2.53 bits per heavy atom. The highest BCUT2D eigenvalue weighted by Gasteiger charge is 2.39. The number of carbonyl (C=O) groups is 1. The minimum Gasteiger partial charge on any atom is -0.384 e. The number of ether oxygens (including phenoxy) is 1. The summed E-state index contributed by atoms with van der Waals surface area (Å²) >= 11 is 0. The largest absolute Gasteiger partial charge is 0.384 e. The first kappa shape index (κ1) is 14.5. The summed E-state index contributed by atoms with van der Waals surface area (Å²) in [6, 6.07) is -0.0188. The molecule has 1 amide bonds. The fraction of sp³-hybridized carbons (Fsp3) is 0.923. The van der Waals surface area contributed by atoms with Crippen LogP contribution in [0.1, 0.15) is 34.1 Å². The van der Waals surface area contributed by atoms with E-state index in [9.17, 15) is 4.79 Å². The summed E-state index contributed by atoms with van der Waals surface area (Å²) in [6.07, 6.45) is 1.14. The number of hydrogen-bond acceptors (Lipinski definition) is 3. The molecule has 0 aromatic heterocycles. The molecule has 1 rings (SSSR count). The van der Waals surface area contributed by atoms with Crippen LogP contribution < -0.4 is 5.32 Å². The number of carbonyl (C=O) groups excluding carboxylic acids is 1. The zero-order valence-corrected chi connectivity index (χ0v) is 11.7. The minimum atomic E-state index is -0.0188. The van der Waals surface area contributed by atoms with Crippen molar-refractivity contribution < 1.29 is 9.53 Å². The third-order valence-electron chi connectivity index (χ3n) is 3.31. The maximum atomic E-state index is 12.3. The first-order valence-corrected chi connectivity index (χ1v) is 6.56. The van der Waals surface area contributed by atoms with Crippen LogP contribution in [-0.2, 0) is 9.53 Å². The van der Waals surface area contributed by atoms with E-state index in [2.05, 4.69) is 33.0 Å². The molecular formula is C13H26N2O2. The predicted octanol–water partition coefficient (Wildman–Crippen LogP) is 1.46. The van der Waals surface area contributed by atoms with Gasteiger partial charge in [-0.25, -0.2) is 0 Å². The van der Waals surface area contributed by atoms with Crippen LogP contribution in [0.4, 0.5) is 0 Å². The van der Waals surface area contributed by atoms with Gasteiger partial charge in [0.2, 0.25) is 5.91 Å². The van der Waals surface area contributed by atoms with Gasteiger partial charge in [0.15, 0.2) is 0 Å². The van der Waals surface area contributed by atoms with Crippen molar-refractivity contribution in [1.29, 1.82) is 0 Å². The molecule has 1 aliphatic heterocycles. The molecule has 0 aromatic rings. The Bertz CT molecular complexity index is 256. The van der Waals surface area contributed by atoms with Crippen molar-refractivity contribution in [2.75, 3.05) is 20.3 Å². The first-order valence-electron chi connectivity index (χ1n) is 6.56. The molecule has 17 heavy (non-hydrogen) atoms.